The Bertz CT molecular complexity index is 488. The van der Waals surface area contributed by atoms with Crippen LogP contribution in [0.2, 0.25) is 0 Å². The van der Waals surface area contributed by atoms with Gasteiger partial charge in [-0.15, -0.1) is 0 Å². The van der Waals surface area contributed by atoms with Gasteiger partial charge in [-0.3, -0.25) is 4.90 Å². The molecular weight excluding hydrogens is 268 g/mol. The summed E-state index contributed by atoms with van der Waals surface area (Å²) in [4.78, 5) is 4.56. The van der Waals surface area contributed by atoms with E-state index >= 15 is 0 Å². The first-order chi connectivity index (χ1) is 9.33. The minimum absolute atomic E-state index is 0.0435. The molecular formula is C11H16N4O5. The third-order valence-electron chi connectivity index (χ3n) is 3.32. The molecule has 0 aliphatic carbocycles. The Morgan fingerprint density at radius 1 is 1.55 bits per heavy atom. The molecule has 2 heterocycles. The zero-order chi connectivity index (χ0) is 15.1. The number of aliphatic imine (C=N–C) groups is 1. The third-order valence-corrected chi connectivity index (χ3v) is 3.32. The van der Waals surface area contributed by atoms with Crippen LogP contribution in [0.15, 0.2) is 17.3 Å². The van der Waals surface area contributed by atoms with Gasteiger partial charge in [0.1, 0.15) is 30.2 Å². The third kappa shape index (κ3) is 2.04. The van der Waals surface area contributed by atoms with E-state index in [1.54, 1.807) is 6.07 Å². The lowest BCUT2D eigenvalue weighted by molar-refractivity contribution is -0.182. The van der Waals surface area contributed by atoms with Gasteiger partial charge in [0, 0.05) is 6.20 Å². The standard InChI is InChI=1S/C11H16N4O5/c1-5(16)8-7(17)9(18)11(4-12,20-8)15-3-2-6(13)14-10(15)19/h2-3,5,7-10,16-19H,1H3,(H2,13,14)/t5-,7-,8-,9-,10?,11-/m1/s1. The number of nitriles is 1. The Labute approximate surface area is 114 Å². The van der Waals surface area contributed by atoms with E-state index in [2.05, 4.69) is 4.99 Å². The molecule has 6 atom stereocenters. The van der Waals surface area contributed by atoms with Gasteiger partial charge in [-0.1, -0.05) is 0 Å². The van der Waals surface area contributed by atoms with Crippen LogP contribution < -0.4 is 5.73 Å². The number of hydrogen-bond donors (Lipinski definition) is 5. The fourth-order valence-electron chi connectivity index (χ4n) is 2.26. The molecule has 0 aromatic heterocycles. The number of amidine groups is 1. The highest BCUT2D eigenvalue weighted by Gasteiger charge is 2.60. The van der Waals surface area contributed by atoms with E-state index < -0.39 is 36.5 Å². The van der Waals surface area contributed by atoms with Crippen LogP contribution in [0.1, 0.15) is 6.92 Å². The smallest absolute Gasteiger partial charge is 0.263 e. The summed E-state index contributed by atoms with van der Waals surface area (Å²) in [5.41, 5.74) is 3.34. The molecule has 6 N–H and O–H groups in total. The van der Waals surface area contributed by atoms with E-state index in [-0.39, 0.29) is 5.84 Å². The molecule has 110 valence electrons. The van der Waals surface area contributed by atoms with Crippen molar-refractivity contribution in [3.8, 4) is 6.07 Å². The number of nitrogens with zero attached hydrogens (tertiary/aromatic N) is 3. The van der Waals surface area contributed by atoms with Crippen molar-refractivity contribution in [2.75, 3.05) is 0 Å². The highest BCUT2D eigenvalue weighted by molar-refractivity contribution is 5.91. The summed E-state index contributed by atoms with van der Waals surface area (Å²) >= 11 is 0. The number of aliphatic hydroxyl groups excluding tert-OH is 4. The molecule has 0 radical (unpaired) electrons. The highest BCUT2D eigenvalue weighted by Crippen LogP contribution is 2.37. The lowest BCUT2D eigenvalue weighted by atomic mass is 10.0. The molecule has 0 aromatic carbocycles. The molecule has 0 bridgehead atoms. The lowest BCUT2D eigenvalue weighted by Gasteiger charge is -2.39. The molecule has 1 unspecified atom stereocenters. The normalized spacial score (nSPS) is 42.2. The van der Waals surface area contributed by atoms with Crippen LogP contribution in [-0.2, 0) is 4.74 Å². The number of hydrogen-bond acceptors (Lipinski definition) is 9. The Morgan fingerprint density at radius 2 is 2.20 bits per heavy atom. The van der Waals surface area contributed by atoms with Gasteiger partial charge in [0.05, 0.1) is 6.10 Å². The van der Waals surface area contributed by atoms with Gasteiger partial charge in [0.2, 0.25) is 6.35 Å². The monoisotopic (exact) mass is 284 g/mol. The van der Waals surface area contributed by atoms with Gasteiger partial charge in [-0.05, 0) is 13.0 Å². The van der Waals surface area contributed by atoms with Crippen molar-refractivity contribution in [1.29, 1.82) is 5.26 Å². The van der Waals surface area contributed by atoms with Crippen molar-refractivity contribution in [2.24, 2.45) is 10.7 Å². The zero-order valence-electron chi connectivity index (χ0n) is 10.7. The maximum Gasteiger partial charge on any atom is 0.263 e. The molecule has 2 aliphatic rings. The molecule has 2 aliphatic heterocycles. The van der Waals surface area contributed by atoms with Crippen molar-refractivity contribution in [3.63, 3.8) is 0 Å². The van der Waals surface area contributed by atoms with Crippen molar-refractivity contribution in [3.05, 3.63) is 12.3 Å². The summed E-state index contributed by atoms with van der Waals surface area (Å²) in [6, 6.07) is 1.72. The molecule has 0 saturated carbocycles. The second kappa shape index (κ2) is 5.01. The zero-order valence-corrected chi connectivity index (χ0v) is 10.7. The van der Waals surface area contributed by atoms with Gasteiger partial charge >= 0.3 is 0 Å². The number of nitrogens with two attached hydrogens (primary N) is 1. The first-order valence-electron chi connectivity index (χ1n) is 5.94. The van der Waals surface area contributed by atoms with Gasteiger partial charge in [0.15, 0.2) is 0 Å². The number of aliphatic hydroxyl groups is 4. The maximum absolute atomic E-state index is 10.1. The van der Waals surface area contributed by atoms with Crippen molar-refractivity contribution < 1.29 is 25.2 Å². The van der Waals surface area contributed by atoms with E-state index in [1.807, 2.05) is 0 Å². The highest BCUT2D eigenvalue weighted by atomic mass is 16.6. The van der Waals surface area contributed by atoms with E-state index in [1.165, 1.54) is 19.2 Å². The van der Waals surface area contributed by atoms with Crippen LogP contribution in [-0.4, -0.2) is 67.7 Å². The summed E-state index contributed by atoms with van der Waals surface area (Å²) in [7, 11) is 0. The van der Waals surface area contributed by atoms with Crippen LogP contribution >= 0.6 is 0 Å². The van der Waals surface area contributed by atoms with Gasteiger partial charge in [-0.25, -0.2) is 4.99 Å². The fraction of sp³-hybridized carbons (Fsp3) is 0.636. The predicted molar refractivity (Wildman–Crippen MR) is 65.5 cm³/mol. The van der Waals surface area contributed by atoms with Crippen molar-refractivity contribution in [1.82, 2.24) is 4.90 Å². The minimum Gasteiger partial charge on any atom is -0.391 e. The summed E-state index contributed by atoms with van der Waals surface area (Å²) < 4.78 is 5.32. The molecule has 0 amide bonds. The fourth-order valence-corrected chi connectivity index (χ4v) is 2.26. The first-order valence-corrected chi connectivity index (χ1v) is 5.94. The molecule has 0 spiro atoms. The first kappa shape index (κ1) is 14.7. The molecule has 1 fully saturated rings. The average Bonchev–Trinajstić information content (AvgIpc) is 2.64. The van der Waals surface area contributed by atoms with Crippen molar-refractivity contribution >= 4 is 5.84 Å². The quantitative estimate of drug-likeness (QED) is 0.363. The Morgan fingerprint density at radius 3 is 2.65 bits per heavy atom. The van der Waals surface area contributed by atoms with Gasteiger partial charge in [-0.2, -0.15) is 5.26 Å². The molecule has 0 aromatic rings. The predicted octanol–water partition coefficient (Wildman–Crippen LogP) is -2.83. The van der Waals surface area contributed by atoms with E-state index in [9.17, 15) is 25.7 Å². The maximum atomic E-state index is 10.1. The Hall–Kier alpha value is -1.70. The molecule has 20 heavy (non-hydrogen) atoms. The Kier molecular flexibility index (Phi) is 3.68. The van der Waals surface area contributed by atoms with E-state index in [0.717, 1.165) is 4.90 Å². The lowest BCUT2D eigenvalue weighted by Crippen LogP contribution is -2.58. The van der Waals surface area contributed by atoms with Crippen LogP contribution in [0.25, 0.3) is 0 Å². The molecule has 9 heteroatoms. The average molecular weight is 284 g/mol. The van der Waals surface area contributed by atoms with Crippen LogP contribution in [0.4, 0.5) is 0 Å². The molecule has 9 nitrogen and oxygen atoms in total. The topological polar surface area (TPSA) is 156 Å². The summed E-state index contributed by atoms with van der Waals surface area (Å²) in [5.74, 6) is 0.0435. The summed E-state index contributed by atoms with van der Waals surface area (Å²) in [5, 5.41) is 48.7. The van der Waals surface area contributed by atoms with Gasteiger partial charge < -0.3 is 30.9 Å². The Balaban J connectivity index is 2.37. The minimum atomic E-state index is -2.07. The van der Waals surface area contributed by atoms with E-state index in [0.29, 0.717) is 0 Å². The van der Waals surface area contributed by atoms with Crippen LogP contribution in [0.5, 0.6) is 0 Å². The van der Waals surface area contributed by atoms with Crippen molar-refractivity contribution in [2.45, 2.75) is 43.4 Å². The molecule has 1 saturated heterocycles. The largest absolute Gasteiger partial charge is 0.391 e. The van der Waals surface area contributed by atoms with E-state index in [4.69, 9.17) is 10.5 Å². The second-order valence-electron chi connectivity index (χ2n) is 4.69. The number of rotatable bonds is 2. The summed E-state index contributed by atoms with van der Waals surface area (Å²) in [6.07, 6.45) is -4.45. The second-order valence-corrected chi connectivity index (χ2v) is 4.69. The van der Waals surface area contributed by atoms with Gasteiger partial charge in [0.25, 0.3) is 5.72 Å². The SMILES string of the molecule is C[C@@H](O)[C@H]1O[C@@](C#N)(N2C=CC(N)=NC2O)[C@H](O)[C@@H]1O. The summed E-state index contributed by atoms with van der Waals surface area (Å²) in [6.45, 7) is 1.35. The molecule has 2 rings (SSSR count). The number of ether oxygens (including phenoxy) is 1. The van der Waals surface area contributed by atoms with Crippen LogP contribution in [0.3, 0.4) is 0 Å². The van der Waals surface area contributed by atoms with Crippen LogP contribution in [0, 0.1) is 11.3 Å².